The highest BCUT2D eigenvalue weighted by Gasteiger charge is 2.37. The van der Waals surface area contributed by atoms with Crippen molar-refractivity contribution in [3.8, 4) is 28.4 Å². The van der Waals surface area contributed by atoms with Gasteiger partial charge in [0.2, 0.25) is 23.0 Å². The van der Waals surface area contributed by atoms with Gasteiger partial charge in [-0.1, -0.05) is 45.6 Å². The Morgan fingerprint density at radius 2 is 1.69 bits per heavy atom. The Morgan fingerprint density at radius 1 is 0.979 bits per heavy atom. The minimum atomic E-state index is -0.707. The van der Waals surface area contributed by atoms with Crippen LogP contribution >= 0.6 is 0 Å². The molecule has 11 nitrogen and oxygen atoms in total. The number of rotatable bonds is 13. The van der Waals surface area contributed by atoms with Crippen molar-refractivity contribution in [3.05, 3.63) is 45.6 Å². The summed E-state index contributed by atoms with van der Waals surface area (Å²) in [6.07, 6.45) is 6.85. The molecule has 3 N–H and O–H groups in total. The maximum absolute atomic E-state index is 14.0. The number of esters is 1. The Hall–Kier alpha value is -4.28. The highest BCUT2D eigenvalue weighted by molar-refractivity contribution is 5.86. The van der Waals surface area contributed by atoms with E-state index in [4.69, 9.17) is 18.9 Å². The Morgan fingerprint density at radius 3 is 2.29 bits per heavy atom. The van der Waals surface area contributed by atoms with Crippen LogP contribution in [0.4, 0.5) is 5.69 Å². The number of amides is 2. The quantitative estimate of drug-likeness (QED) is 0.243. The number of ether oxygens (including phenoxy) is 4. The summed E-state index contributed by atoms with van der Waals surface area (Å²) < 4.78 is 22.2. The van der Waals surface area contributed by atoms with Crippen LogP contribution < -0.4 is 35.6 Å². The number of nitrogens with one attached hydrogen (secondary N) is 3. The number of fused-ring (bicyclic) bond motifs is 3. The van der Waals surface area contributed by atoms with Crippen LogP contribution in [0.3, 0.4) is 0 Å². The molecule has 1 saturated carbocycles. The molecule has 2 aliphatic rings. The second-order valence-corrected chi connectivity index (χ2v) is 13.1. The first kappa shape index (κ1) is 36.6. The Bertz CT molecular complexity index is 1550. The van der Waals surface area contributed by atoms with Crippen LogP contribution in [0.1, 0.15) is 89.3 Å². The van der Waals surface area contributed by atoms with E-state index in [9.17, 15) is 19.2 Å². The normalized spacial score (nSPS) is 17.7. The molecule has 0 aromatic heterocycles. The zero-order valence-corrected chi connectivity index (χ0v) is 29.4. The Labute approximate surface area is 283 Å². The highest BCUT2D eigenvalue weighted by atomic mass is 16.5. The number of benzene rings is 1. The number of carbonyl (C=O) groups is 3. The van der Waals surface area contributed by atoms with Gasteiger partial charge in [0.15, 0.2) is 11.5 Å². The van der Waals surface area contributed by atoms with E-state index in [0.29, 0.717) is 54.2 Å². The molecule has 1 fully saturated rings. The first-order chi connectivity index (χ1) is 23.0. The lowest BCUT2D eigenvalue weighted by atomic mass is 9.71. The van der Waals surface area contributed by atoms with Crippen LogP contribution in [0.2, 0.25) is 0 Å². The van der Waals surface area contributed by atoms with Gasteiger partial charge < -0.3 is 34.9 Å². The molecule has 2 aliphatic carbocycles. The molecular weight excluding hydrogens is 614 g/mol. The summed E-state index contributed by atoms with van der Waals surface area (Å²) in [5, 5.41) is 9.43. The predicted octanol–water partition coefficient (Wildman–Crippen LogP) is 5.32. The summed E-state index contributed by atoms with van der Waals surface area (Å²) in [7, 11) is 6.05. The third-order valence-electron chi connectivity index (χ3n) is 10.0. The van der Waals surface area contributed by atoms with E-state index < -0.39 is 12.1 Å². The van der Waals surface area contributed by atoms with E-state index >= 15 is 0 Å². The minimum Gasteiger partial charge on any atom is -0.493 e. The van der Waals surface area contributed by atoms with E-state index in [-0.39, 0.29) is 46.7 Å². The molecule has 0 unspecified atom stereocenters. The molecule has 0 aliphatic heterocycles. The van der Waals surface area contributed by atoms with Crippen molar-refractivity contribution < 1.29 is 33.3 Å². The van der Waals surface area contributed by atoms with Gasteiger partial charge in [0.05, 0.1) is 46.6 Å². The lowest BCUT2D eigenvalue weighted by Crippen LogP contribution is -2.48. The number of hydrogen-bond acceptors (Lipinski definition) is 9. The monoisotopic (exact) mass is 665 g/mol. The number of hydrogen-bond donors (Lipinski definition) is 3. The van der Waals surface area contributed by atoms with Crippen LogP contribution in [0, 0.1) is 11.3 Å². The third-order valence-corrected chi connectivity index (χ3v) is 10.0. The van der Waals surface area contributed by atoms with Crippen molar-refractivity contribution >= 4 is 23.5 Å². The topological polar surface area (TPSA) is 141 Å². The fourth-order valence-electron chi connectivity index (χ4n) is 7.18. The fourth-order valence-corrected chi connectivity index (χ4v) is 7.18. The predicted molar refractivity (Wildman–Crippen MR) is 185 cm³/mol. The summed E-state index contributed by atoms with van der Waals surface area (Å²) in [4.78, 5) is 52.4. The van der Waals surface area contributed by atoms with Crippen molar-refractivity contribution in [2.24, 2.45) is 11.3 Å². The molecule has 3 atom stereocenters. The molecule has 0 saturated heterocycles. The molecule has 2 aromatic rings. The van der Waals surface area contributed by atoms with Crippen molar-refractivity contribution in [1.82, 2.24) is 10.6 Å². The molecular formula is C37H51N3O8. The molecule has 48 heavy (non-hydrogen) atoms. The SMILES string of the molecule is CC[C@H](C)[C@H](Nc1ccc2c(cc1=O)[C@@H](NC(C)=O)CCc1cc(OC)c(OC)c(OC)c1-2)C(=O)NCC1(CC(=O)OC)CCCCC1. The average Bonchev–Trinajstić information content (AvgIpc) is 3.33. The molecule has 2 amide bonds. The van der Waals surface area contributed by atoms with E-state index in [1.54, 1.807) is 33.5 Å². The molecule has 0 heterocycles. The van der Waals surface area contributed by atoms with Gasteiger partial charge in [-0.05, 0) is 71.9 Å². The van der Waals surface area contributed by atoms with Gasteiger partial charge in [-0.2, -0.15) is 0 Å². The van der Waals surface area contributed by atoms with Gasteiger partial charge in [0.25, 0.3) is 0 Å². The summed E-state index contributed by atoms with van der Waals surface area (Å²) in [5.41, 5.74) is 2.61. The third kappa shape index (κ3) is 8.05. The first-order valence-corrected chi connectivity index (χ1v) is 16.9. The zero-order valence-electron chi connectivity index (χ0n) is 29.4. The number of carbonyl (C=O) groups excluding carboxylic acids is 3. The number of anilines is 1. The van der Waals surface area contributed by atoms with Crippen molar-refractivity contribution in [1.29, 1.82) is 0 Å². The van der Waals surface area contributed by atoms with Crippen LogP contribution in [-0.4, -0.2) is 58.8 Å². The van der Waals surface area contributed by atoms with Gasteiger partial charge in [-0.15, -0.1) is 0 Å². The van der Waals surface area contributed by atoms with E-state index in [2.05, 4.69) is 16.0 Å². The molecule has 0 bridgehead atoms. The first-order valence-electron chi connectivity index (χ1n) is 16.9. The second kappa shape index (κ2) is 16.2. The summed E-state index contributed by atoms with van der Waals surface area (Å²) in [6.45, 7) is 5.78. The van der Waals surface area contributed by atoms with Gasteiger partial charge in [0, 0.05) is 19.0 Å². The Kier molecular flexibility index (Phi) is 12.3. The molecule has 4 rings (SSSR count). The van der Waals surface area contributed by atoms with Crippen LogP contribution in [0.5, 0.6) is 17.2 Å². The van der Waals surface area contributed by atoms with Crippen LogP contribution in [0.15, 0.2) is 29.1 Å². The summed E-state index contributed by atoms with van der Waals surface area (Å²) in [5.74, 6) is 0.571. The lowest BCUT2D eigenvalue weighted by Gasteiger charge is -2.37. The zero-order chi connectivity index (χ0) is 35.0. The number of methoxy groups -OCH3 is 4. The standard InChI is InChI=1S/C37H51N3O8/c1-8-22(2)33(36(44)38-21-37(20-31(43)46-5)16-10-9-11-17-37)40-28-15-13-25-26(19-29(28)42)27(39-23(3)41)14-12-24-18-30(45-4)34(47-6)35(48-7)32(24)25/h13,15,18-19,22,27,33H,8-12,14,16-17,20-21H2,1-7H3,(H,38,44)(H,39,41)(H,40,42)/t22-,27-,33-/m0/s1. The van der Waals surface area contributed by atoms with E-state index in [1.165, 1.54) is 14.0 Å². The molecule has 0 spiro atoms. The van der Waals surface area contributed by atoms with Gasteiger partial charge in [-0.3, -0.25) is 19.2 Å². The van der Waals surface area contributed by atoms with Crippen molar-refractivity contribution in [2.75, 3.05) is 40.3 Å². The van der Waals surface area contributed by atoms with Crippen molar-refractivity contribution in [2.45, 2.75) is 90.6 Å². The Balaban J connectivity index is 1.76. The highest BCUT2D eigenvalue weighted by Crippen LogP contribution is 2.50. The summed E-state index contributed by atoms with van der Waals surface area (Å²) in [6, 6.07) is 5.83. The van der Waals surface area contributed by atoms with E-state index in [0.717, 1.165) is 43.2 Å². The lowest BCUT2D eigenvalue weighted by molar-refractivity contribution is -0.144. The number of aryl methyl sites for hydroxylation is 1. The van der Waals surface area contributed by atoms with Gasteiger partial charge in [0.1, 0.15) is 6.04 Å². The maximum Gasteiger partial charge on any atom is 0.306 e. The smallest absolute Gasteiger partial charge is 0.306 e. The largest absolute Gasteiger partial charge is 0.493 e. The molecule has 11 heteroatoms. The maximum atomic E-state index is 14.0. The van der Waals surface area contributed by atoms with Crippen LogP contribution in [-0.2, 0) is 25.5 Å². The van der Waals surface area contributed by atoms with Crippen molar-refractivity contribution in [3.63, 3.8) is 0 Å². The average molecular weight is 666 g/mol. The van der Waals surface area contributed by atoms with Crippen LogP contribution in [0.25, 0.3) is 11.1 Å². The molecule has 2 aromatic carbocycles. The van der Waals surface area contributed by atoms with E-state index in [1.807, 2.05) is 26.0 Å². The van der Waals surface area contributed by atoms with Gasteiger partial charge in [-0.25, -0.2) is 0 Å². The summed E-state index contributed by atoms with van der Waals surface area (Å²) >= 11 is 0. The second-order valence-electron chi connectivity index (χ2n) is 13.1. The molecule has 262 valence electrons. The molecule has 0 radical (unpaired) electrons. The van der Waals surface area contributed by atoms with Gasteiger partial charge >= 0.3 is 5.97 Å². The minimum absolute atomic E-state index is 0.111. The fraction of sp³-hybridized carbons (Fsp3) is 0.568.